The summed E-state index contributed by atoms with van der Waals surface area (Å²) in [6.45, 7) is 5.08. The van der Waals surface area contributed by atoms with E-state index in [0.717, 1.165) is 0 Å². The average molecular weight is 470 g/mol. The number of nitrogens with zero attached hydrogens (tertiary/aromatic N) is 1. The van der Waals surface area contributed by atoms with Gasteiger partial charge in [-0.25, -0.2) is 0 Å². The molecular weight excluding hydrogens is 447 g/mol. The second kappa shape index (κ2) is 11.0. The first-order valence-corrected chi connectivity index (χ1v) is 9.86. The molecular formula is C15H23IN2O5S. The van der Waals surface area contributed by atoms with E-state index in [4.69, 9.17) is 4.74 Å². The van der Waals surface area contributed by atoms with Crippen molar-refractivity contribution in [3.8, 4) is 0 Å². The minimum atomic E-state index is -0.324. The number of ether oxygens (including phenoxy) is 1. The van der Waals surface area contributed by atoms with Crippen molar-refractivity contribution in [2.75, 3.05) is 26.3 Å². The fraction of sp³-hybridized carbons (Fsp3) is 0.733. The molecule has 1 heterocycles. The van der Waals surface area contributed by atoms with Crippen LogP contribution in [0.5, 0.6) is 0 Å². The summed E-state index contributed by atoms with van der Waals surface area (Å²) in [5, 5.41) is 2.61. The highest BCUT2D eigenvalue weighted by molar-refractivity contribution is 14.1. The van der Waals surface area contributed by atoms with Gasteiger partial charge in [-0.05, 0) is 27.8 Å². The van der Waals surface area contributed by atoms with Gasteiger partial charge in [0.1, 0.15) is 0 Å². The molecule has 1 aliphatic rings. The number of halogens is 1. The van der Waals surface area contributed by atoms with Gasteiger partial charge in [0, 0.05) is 32.4 Å². The van der Waals surface area contributed by atoms with Crippen molar-refractivity contribution in [3.63, 3.8) is 0 Å². The molecule has 1 fully saturated rings. The molecule has 0 radical (unpaired) electrons. The second-order valence-electron chi connectivity index (χ2n) is 5.58. The normalized spacial score (nSPS) is 17.7. The zero-order valence-corrected chi connectivity index (χ0v) is 16.9. The van der Waals surface area contributed by atoms with Crippen molar-refractivity contribution in [1.29, 1.82) is 0 Å². The van der Waals surface area contributed by atoms with Crippen LogP contribution < -0.4 is 5.32 Å². The van der Waals surface area contributed by atoms with Crippen LogP contribution in [-0.4, -0.2) is 63.2 Å². The Morgan fingerprint density at radius 2 is 2.04 bits per heavy atom. The van der Waals surface area contributed by atoms with Crippen LogP contribution in [0.2, 0.25) is 0 Å². The molecule has 0 saturated carbocycles. The Morgan fingerprint density at radius 1 is 1.33 bits per heavy atom. The first kappa shape index (κ1) is 21.4. The number of thioether (sulfide) groups is 1. The van der Waals surface area contributed by atoms with Crippen LogP contribution in [0.3, 0.4) is 0 Å². The Bertz CT molecular complexity index is 486. The molecule has 0 aliphatic carbocycles. The summed E-state index contributed by atoms with van der Waals surface area (Å²) in [5.74, 6) is -0.639. The number of imide groups is 1. The van der Waals surface area contributed by atoms with E-state index in [2.05, 4.69) is 5.32 Å². The summed E-state index contributed by atoms with van der Waals surface area (Å²) >= 11 is 3.19. The monoisotopic (exact) mass is 470 g/mol. The van der Waals surface area contributed by atoms with Gasteiger partial charge in [-0.2, -0.15) is 0 Å². The van der Waals surface area contributed by atoms with Gasteiger partial charge in [0.25, 0.3) is 0 Å². The third kappa shape index (κ3) is 7.93. The van der Waals surface area contributed by atoms with Crippen LogP contribution in [0, 0.1) is 0 Å². The zero-order valence-electron chi connectivity index (χ0n) is 13.9. The first-order valence-electron chi connectivity index (χ1n) is 7.83. The summed E-state index contributed by atoms with van der Waals surface area (Å²) in [5.41, 5.74) is 0. The molecule has 7 nitrogen and oxygen atoms in total. The smallest absolute Gasteiger partial charge is 0.242 e. The zero-order chi connectivity index (χ0) is 18.1. The van der Waals surface area contributed by atoms with Crippen LogP contribution in [-0.2, 0) is 23.9 Å². The highest BCUT2D eigenvalue weighted by atomic mass is 127. The molecule has 136 valence electrons. The van der Waals surface area contributed by atoms with Crippen molar-refractivity contribution in [2.24, 2.45) is 0 Å². The molecule has 24 heavy (non-hydrogen) atoms. The van der Waals surface area contributed by atoms with E-state index in [1.807, 2.05) is 13.8 Å². The maximum Gasteiger partial charge on any atom is 0.242 e. The van der Waals surface area contributed by atoms with E-state index in [9.17, 15) is 19.2 Å². The van der Waals surface area contributed by atoms with Gasteiger partial charge >= 0.3 is 0 Å². The Kier molecular flexibility index (Phi) is 9.82. The Hall–Kier alpha value is -0.680. The van der Waals surface area contributed by atoms with Crippen LogP contribution >= 0.6 is 34.4 Å². The summed E-state index contributed by atoms with van der Waals surface area (Å²) in [7, 11) is 0. The molecule has 1 unspecified atom stereocenters. The number of nitrogens with one attached hydrogen (secondary N) is 1. The van der Waals surface area contributed by atoms with E-state index in [1.165, 1.54) is 16.7 Å². The van der Waals surface area contributed by atoms with E-state index >= 15 is 0 Å². The molecule has 1 atom stereocenters. The van der Waals surface area contributed by atoms with E-state index in [1.54, 1.807) is 22.6 Å². The van der Waals surface area contributed by atoms with Crippen molar-refractivity contribution in [3.05, 3.63) is 0 Å². The van der Waals surface area contributed by atoms with E-state index in [-0.39, 0.29) is 51.4 Å². The lowest BCUT2D eigenvalue weighted by atomic mass is 10.3. The fourth-order valence-corrected chi connectivity index (χ4v) is 3.50. The van der Waals surface area contributed by atoms with E-state index < -0.39 is 0 Å². The molecule has 0 bridgehead atoms. The lowest BCUT2D eigenvalue weighted by Crippen LogP contribution is -2.36. The predicted octanol–water partition coefficient (Wildman–Crippen LogP) is 1.13. The molecule has 1 aliphatic heterocycles. The molecule has 3 amide bonds. The lowest BCUT2D eigenvalue weighted by Gasteiger charge is -2.15. The number of amides is 3. The number of likely N-dealkylation sites (tertiary alicyclic amines) is 1. The highest BCUT2D eigenvalue weighted by Crippen LogP contribution is 2.28. The summed E-state index contributed by atoms with van der Waals surface area (Å²) in [4.78, 5) is 47.7. The molecule has 0 spiro atoms. The van der Waals surface area contributed by atoms with Gasteiger partial charge in [0.2, 0.25) is 17.7 Å². The second-order valence-corrected chi connectivity index (χ2v) is 8.57. The van der Waals surface area contributed by atoms with E-state index in [0.29, 0.717) is 26.2 Å². The summed E-state index contributed by atoms with van der Waals surface area (Å²) < 4.78 is 5.23. The Balaban J connectivity index is 2.21. The maximum atomic E-state index is 12.2. The number of hydrogen-bond acceptors (Lipinski definition) is 6. The summed E-state index contributed by atoms with van der Waals surface area (Å²) in [6.07, 6.45) is 0.651. The maximum absolute atomic E-state index is 12.2. The molecule has 0 aromatic carbocycles. The predicted molar refractivity (Wildman–Crippen MR) is 99.9 cm³/mol. The molecule has 1 rings (SSSR count). The molecule has 9 heteroatoms. The van der Waals surface area contributed by atoms with Gasteiger partial charge in [-0.1, -0.05) is 13.8 Å². The summed E-state index contributed by atoms with van der Waals surface area (Å²) in [6, 6.07) is 0. The molecule has 1 N–H and O–H groups in total. The SMILES string of the molecule is CC(C)SC1CC(=O)N(CCC(=O)NCCOCCC(=O)I)C1=O. The highest BCUT2D eigenvalue weighted by Gasteiger charge is 2.39. The number of carbonyl (C=O) groups is 4. The van der Waals surface area contributed by atoms with Crippen LogP contribution in [0.1, 0.15) is 33.1 Å². The van der Waals surface area contributed by atoms with Crippen LogP contribution in [0.15, 0.2) is 0 Å². The quantitative estimate of drug-likeness (QED) is 0.211. The van der Waals surface area contributed by atoms with Crippen molar-refractivity contribution in [1.82, 2.24) is 10.2 Å². The van der Waals surface area contributed by atoms with Gasteiger partial charge in [-0.15, -0.1) is 11.8 Å². The minimum Gasteiger partial charge on any atom is -0.379 e. The third-order valence-corrected chi connectivity index (χ3v) is 4.99. The standard InChI is InChI=1S/C15H23IN2O5S/c1-10(2)24-11-9-14(21)18(15(11)22)6-3-13(20)17-5-8-23-7-4-12(16)19/h10-11H,3-9H2,1-2H3,(H,17,20). The van der Waals surface area contributed by atoms with Crippen LogP contribution in [0.4, 0.5) is 0 Å². The van der Waals surface area contributed by atoms with Crippen LogP contribution in [0.25, 0.3) is 0 Å². The Labute approximate surface area is 159 Å². The van der Waals surface area contributed by atoms with Crippen molar-refractivity contribution >= 4 is 55.9 Å². The molecule has 1 saturated heterocycles. The lowest BCUT2D eigenvalue weighted by molar-refractivity contribution is -0.138. The number of rotatable bonds is 11. The van der Waals surface area contributed by atoms with Gasteiger partial charge < -0.3 is 10.1 Å². The average Bonchev–Trinajstić information content (AvgIpc) is 2.74. The molecule has 0 aromatic heterocycles. The number of hydrogen-bond donors (Lipinski definition) is 1. The third-order valence-electron chi connectivity index (χ3n) is 3.21. The number of carbonyl (C=O) groups excluding carboxylic acids is 4. The Morgan fingerprint density at radius 3 is 2.67 bits per heavy atom. The topological polar surface area (TPSA) is 92.8 Å². The largest absolute Gasteiger partial charge is 0.379 e. The van der Waals surface area contributed by atoms with Crippen molar-refractivity contribution < 1.29 is 23.9 Å². The van der Waals surface area contributed by atoms with Crippen molar-refractivity contribution in [2.45, 2.75) is 43.6 Å². The van der Waals surface area contributed by atoms with Gasteiger partial charge in [0.05, 0.1) is 18.5 Å². The van der Waals surface area contributed by atoms with Gasteiger partial charge in [-0.3, -0.25) is 24.1 Å². The first-order chi connectivity index (χ1) is 11.3. The minimum absolute atomic E-state index is 0.0329. The van der Waals surface area contributed by atoms with Gasteiger partial charge in [0.15, 0.2) is 3.79 Å². The fourth-order valence-electron chi connectivity index (χ4n) is 2.14. The molecule has 0 aromatic rings.